The Morgan fingerprint density at radius 1 is 1.36 bits per heavy atom. The molecule has 0 amide bonds. The van der Waals surface area contributed by atoms with Crippen LogP contribution in [0.2, 0.25) is 10.0 Å². The van der Waals surface area contributed by atoms with Crippen LogP contribution in [0, 0.1) is 0 Å². The molecule has 1 atom stereocenters. The Hall–Kier alpha value is -0.970. The van der Waals surface area contributed by atoms with Crippen molar-refractivity contribution in [2.45, 2.75) is 6.04 Å². The van der Waals surface area contributed by atoms with Gasteiger partial charge in [0.25, 0.3) is 0 Å². The molecule has 0 bridgehead atoms. The fraction of sp³-hybridized carbons (Fsp3) is 0.125. The molecule has 14 heavy (non-hydrogen) atoms. The van der Waals surface area contributed by atoms with Gasteiger partial charge >= 0.3 is 5.97 Å². The third-order valence-electron chi connectivity index (χ3n) is 1.74. The molecule has 0 saturated carbocycles. The van der Waals surface area contributed by atoms with Crippen LogP contribution in [0.4, 0.5) is 5.69 Å². The summed E-state index contributed by atoms with van der Waals surface area (Å²) in [5.74, 6) is -1.17. The van der Waals surface area contributed by atoms with Crippen LogP contribution in [-0.2, 0) is 4.79 Å². The van der Waals surface area contributed by atoms with Crippen LogP contribution >= 0.6 is 23.2 Å². The van der Waals surface area contributed by atoms with E-state index in [1.54, 1.807) is 0 Å². The molecule has 4 nitrogen and oxygen atoms in total. The van der Waals surface area contributed by atoms with Crippen molar-refractivity contribution >= 4 is 34.9 Å². The SMILES string of the molecule is Nc1ccc([C@H](N)C(=O)O)c(Cl)c1Cl. The summed E-state index contributed by atoms with van der Waals surface area (Å²) < 4.78 is 0. The molecule has 0 spiro atoms. The number of aliphatic carboxylic acids is 1. The molecule has 0 radical (unpaired) electrons. The fourth-order valence-electron chi connectivity index (χ4n) is 0.953. The average Bonchev–Trinajstić information content (AvgIpc) is 2.13. The standard InChI is InChI=1S/C8H8Cl2N2O2/c9-5-3(7(12)8(13)14)1-2-4(11)6(5)10/h1-2,7H,11-12H2,(H,13,14)/t7-/m0/s1. The number of hydrogen-bond donors (Lipinski definition) is 3. The van der Waals surface area contributed by atoms with Gasteiger partial charge in [-0.3, -0.25) is 4.79 Å². The molecule has 0 aromatic heterocycles. The van der Waals surface area contributed by atoms with Crippen molar-refractivity contribution in [3.63, 3.8) is 0 Å². The minimum Gasteiger partial charge on any atom is -0.480 e. The van der Waals surface area contributed by atoms with Gasteiger partial charge in [0.2, 0.25) is 0 Å². The van der Waals surface area contributed by atoms with E-state index >= 15 is 0 Å². The highest BCUT2D eigenvalue weighted by atomic mass is 35.5. The number of carbonyl (C=O) groups is 1. The first kappa shape index (κ1) is 11.1. The molecule has 0 fully saturated rings. The summed E-state index contributed by atoms with van der Waals surface area (Å²) in [6.45, 7) is 0. The molecule has 0 heterocycles. The first-order valence-electron chi connectivity index (χ1n) is 3.67. The van der Waals surface area contributed by atoms with E-state index in [0.717, 1.165) is 0 Å². The summed E-state index contributed by atoms with van der Waals surface area (Å²) in [5.41, 5.74) is 11.4. The van der Waals surface area contributed by atoms with E-state index in [1.807, 2.05) is 0 Å². The lowest BCUT2D eigenvalue weighted by Gasteiger charge is -2.11. The molecule has 0 unspecified atom stereocenters. The van der Waals surface area contributed by atoms with Gasteiger partial charge in [-0.1, -0.05) is 29.3 Å². The van der Waals surface area contributed by atoms with Gasteiger partial charge in [-0.05, 0) is 6.07 Å². The van der Waals surface area contributed by atoms with Crippen molar-refractivity contribution in [2.75, 3.05) is 5.73 Å². The second kappa shape index (κ2) is 4.04. The van der Waals surface area contributed by atoms with E-state index in [2.05, 4.69) is 0 Å². The number of benzene rings is 1. The Kier molecular flexibility index (Phi) is 3.21. The predicted octanol–water partition coefficient (Wildman–Crippen LogP) is 1.66. The van der Waals surface area contributed by atoms with Crippen LogP contribution in [0.1, 0.15) is 11.6 Å². The van der Waals surface area contributed by atoms with Crippen LogP contribution in [-0.4, -0.2) is 11.1 Å². The lowest BCUT2D eigenvalue weighted by molar-refractivity contribution is -0.138. The zero-order valence-corrected chi connectivity index (χ0v) is 8.51. The van der Waals surface area contributed by atoms with E-state index in [1.165, 1.54) is 12.1 Å². The number of carboxylic acids is 1. The van der Waals surface area contributed by atoms with Crippen molar-refractivity contribution < 1.29 is 9.90 Å². The van der Waals surface area contributed by atoms with Crippen molar-refractivity contribution in [1.29, 1.82) is 0 Å². The monoisotopic (exact) mass is 234 g/mol. The highest BCUT2D eigenvalue weighted by Gasteiger charge is 2.19. The molecule has 76 valence electrons. The number of halogens is 2. The van der Waals surface area contributed by atoms with Crippen LogP contribution in [0.3, 0.4) is 0 Å². The molecular formula is C8H8Cl2N2O2. The topological polar surface area (TPSA) is 89.3 Å². The van der Waals surface area contributed by atoms with E-state index in [4.69, 9.17) is 39.8 Å². The molecule has 1 aromatic carbocycles. The molecule has 0 aliphatic heterocycles. The second-order valence-electron chi connectivity index (χ2n) is 2.69. The summed E-state index contributed by atoms with van der Waals surface area (Å²) in [7, 11) is 0. The molecule has 0 aliphatic carbocycles. The molecular weight excluding hydrogens is 227 g/mol. The van der Waals surface area contributed by atoms with E-state index in [9.17, 15) is 4.79 Å². The summed E-state index contributed by atoms with van der Waals surface area (Å²) >= 11 is 11.5. The fourth-order valence-corrected chi connectivity index (χ4v) is 1.41. The molecule has 6 heteroatoms. The summed E-state index contributed by atoms with van der Waals surface area (Å²) in [6.07, 6.45) is 0. The Labute approximate surface area is 90.4 Å². The van der Waals surface area contributed by atoms with E-state index < -0.39 is 12.0 Å². The normalized spacial score (nSPS) is 12.5. The third kappa shape index (κ3) is 1.92. The van der Waals surface area contributed by atoms with Gasteiger partial charge in [-0.2, -0.15) is 0 Å². The van der Waals surface area contributed by atoms with E-state index in [-0.39, 0.29) is 21.3 Å². The van der Waals surface area contributed by atoms with Crippen LogP contribution in [0.15, 0.2) is 12.1 Å². The summed E-state index contributed by atoms with van der Waals surface area (Å²) in [6, 6.07) is 1.72. The Balaban J connectivity index is 3.24. The molecule has 1 rings (SSSR count). The highest BCUT2D eigenvalue weighted by Crippen LogP contribution is 2.33. The maximum absolute atomic E-state index is 10.6. The zero-order chi connectivity index (χ0) is 10.9. The first-order valence-corrected chi connectivity index (χ1v) is 4.42. The van der Waals surface area contributed by atoms with Gasteiger partial charge in [-0.25, -0.2) is 0 Å². The summed E-state index contributed by atoms with van der Waals surface area (Å²) in [4.78, 5) is 10.6. The molecule has 0 saturated heterocycles. The number of nitrogen functional groups attached to an aromatic ring is 1. The first-order chi connectivity index (χ1) is 6.45. The molecule has 0 aliphatic rings. The Bertz CT molecular complexity index is 382. The van der Waals surface area contributed by atoms with Gasteiger partial charge in [0.15, 0.2) is 0 Å². The number of carboxylic acid groups (broad SMARTS) is 1. The largest absolute Gasteiger partial charge is 0.480 e. The zero-order valence-electron chi connectivity index (χ0n) is 7.00. The maximum atomic E-state index is 10.6. The number of nitrogens with two attached hydrogens (primary N) is 2. The number of rotatable bonds is 2. The number of hydrogen-bond acceptors (Lipinski definition) is 3. The summed E-state index contributed by atoms with van der Waals surface area (Å²) in [5, 5.41) is 8.87. The predicted molar refractivity (Wildman–Crippen MR) is 55.4 cm³/mol. The van der Waals surface area contributed by atoms with E-state index in [0.29, 0.717) is 0 Å². The molecule has 1 aromatic rings. The quantitative estimate of drug-likeness (QED) is 0.680. The van der Waals surface area contributed by atoms with Crippen LogP contribution < -0.4 is 11.5 Å². The second-order valence-corrected chi connectivity index (χ2v) is 3.44. The van der Waals surface area contributed by atoms with Gasteiger partial charge in [-0.15, -0.1) is 0 Å². The number of anilines is 1. The van der Waals surface area contributed by atoms with Crippen molar-refractivity contribution in [3.05, 3.63) is 27.7 Å². The molecule has 5 N–H and O–H groups in total. The van der Waals surface area contributed by atoms with Gasteiger partial charge in [0, 0.05) is 5.56 Å². The van der Waals surface area contributed by atoms with Crippen LogP contribution in [0.25, 0.3) is 0 Å². The smallest absolute Gasteiger partial charge is 0.325 e. The lowest BCUT2D eigenvalue weighted by Crippen LogP contribution is -2.21. The van der Waals surface area contributed by atoms with Gasteiger partial charge < -0.3 is 16.6 Å². The minimum absolute atomic E-state index is 0.0848. The minimum atomic E-state index is -1.19. The van der Waals surface area contributed by atoms with Crippen LogP contribution in [0.5, 0.6) is 0 Å². The lowest BCUT2D eigenvalue weighted by atomic mass is 10.1. The Morgan fingerprint density at radius 2 is 1.93 bits per heavy atom. The van der Waals surface area contributed by atoms with Gasteiger partial charge in [0.1, 0.15) is 6.04 Å². The van der Waals surface area contributed by atoms with Crippen molar-refractivity contribution in [3.8, 4) is 0 Å². The maximum Gasteiger partial charge on any atom is 0.325 e. The van der Waals surface area contributed by atoms with Crippen molar-refractivity contribution in [2.24, 2.45) is 5.73 Å². The highest BCUT2D eigenvalue weighted by molar-refractivity contribution is 6.44. The Morgan fingerprint density at radius 3 is 2.43 bits per heavy atom. The van der Waals surface area contributed by atoms with Gasteiger partial charge in [0.05, 0.1) is 15.7 Å². The average molecular weight is 235 g/mol. The third-order valence-corrected chi connectivity index (χ3v) is 2.65. The van der Waals surface area contributed by atoms with Crippen molar-refractivity contribution in [1.82, 2.24) is 0 Å².